The van der Waals surface area contributed by atoms with Crippen molar-refractivity contribution in [3.8, 4) is 0 Å². The molecule has 1 fully saturated rings. The molecule has 0 saturated heterocycles. The quantitative estimate of drug-likeness (QED) is 0.315. The van der Waals surface area contributed by atoms with E-state index >= 15 is 0 Å². The third-order valence-corrected chi connectivity index (χ3v) is 1.64. The third kappa shape index (κ3) is 1.18. The van der Waals surface area contributed by atoms with Crippen molar-refractivity contribution in [1.29, 1.82) is 0 Å². The smallest absolute Gasteiger partial charge is 0.0556 e. The SMILES string of the molecule is NNC1CCC(O)C1. The van der Waals surface area contributed by atoms with E-state index in [4.69, 9.17) is 10.9 Å². The lowest BCUT2D eigenvalue weighted by Crippen LogP contribution is -2.33. The second-order valence-corrected chi connectivity index (χ2v) is 2.33. The number of hydrogen-bond acceptors (Lipinski definition) is 3. The van der Waals surface area contributed by atoms with Gasteiger partial charge in [-0.25, -0.2) is 0 Å². The molecule has 0 aromatic heterocycles. The average Bonchev–Trinajstić information content (AvgIpc) is 2.14. The minimum absolute atomic E-state index is 0.115. The molecule has 48 valence electrons. The largest absolute Gasteiger partial charge is 0.393 e. The van der Waals surface area contributed by atoms with Crippen LogP contribution in [-0.4, -0.2) is 17.3 Å². The van der Waals surface area contributed by atoms with Crippen LogP contribution in [0.25, 0.3) is 0 Å². The van der Waals surface area contributed by atoms with Crippen LogP contribution < -0.4 is 11.3 Å². The van der Waals surface area contributed by atoms with Gasteiger partial charge in [-0.2, -0.15) is 0 Å². The summed E-state index contributed by atoms with van der Waals surface area (Å²) in [6, 6.07) is 0.352. The predicted octanol–water partition coefficient (Wildman–Crippen LogP) is -0.637. The van der Waals surface area contributed by atoms with Crippen LogP contribution in [-0.2, 0) is 0 Å². The topological polar surface area (TPSA) is 58.3 Å². The molecule has 0 aromatic carbocycles. The van der Waals surface area contributed by atoms with Gasteiger partial charge < -0.3 is 5.11 Å². The van der Waals surface area contributed by atoms with E-state index in [1.165, 1.54) is 0 Å². The van der Waals surface area contributed by atoms with Crippen LogP contribution in [0.5, 0.6) is 0 Å². The molecule has 0 radical (unpaired) electrons. The van der Waals surface area contributed by atoms with Crippen molar-refractivity contribution in [1.82, 2.24) is 5.43 Å². The summed E-state index contributed by atoms with van der Waals surface area (Å²) in [7, 11) is 0. The van der Waals surface area contributed by atoms with Gasteiger partial charge in [-0.3, -0.25) is 11.3 Å². The minimum Gasteiger partial charge on any atom is -0.393 e. The summed E-state index contributed by atoms with van der Waals surface area (Å²) in [6.45, 7) is 0. The fourth-order valence-corrected chi connectivity index (χ4v) is 1.11. The maximum absolute atomic E-state index is 8.94. The van der Waals surface area contributed by atoms with Crippen molar-refractivity contribution in [2.75, 3.05) is 0 Å². The van der Waals surface area contributed by atoms with E-state index in [1.807, 2.05) is 0 Å². The van der Waals surface area contributed by atoms with Crippen LogP contribution in [0.15, 0.2) is 0 Å². The second kappa shape index (κ2) is 2.44. The zero-order chi connectivity index (χ0) is 5.98. The molecule has 1 saturated carbocycles. The molecule has 1 aliphatic rings. The van der Waals surface area contributed by atoms with E-state index < -0.39 is 0 Å². The van der Waals surface area contributed by atoms with E-state index in [-0.39, 0.29) is 6.10 Å². The molecule has 0 amide bonds. The van der Waals surface area contributed by atoms with Gasteiger partial charge in [0.2, 0.25) is 0 Å². The molecule has 0 heterocycles. The van der Waals surface area contributed by atoms with Crippen LogP contribution in [0.4, 0.5) is 0 Å². The number of rotatable bonds is 1. The highest BCUT2D eigenvalue weighted by atomic mass is 16.3. The maximum Gasteiger partial charge on any atom is 0.0556 e. The van der Waals surface area contributed by atoms with Crippen molar-refractivity contribution < 1.29 is 5.11 Å². The van der Waals surface area contributed by atoms with Crippen LogP contribution in [0.1, 0.15) is 19.3 Å². The van der Waals surface area contributed by atoms with Crippen molar-refractivity contribution in [2.24, 2.45) is 5.84 Å². The molecule has 3 heteroatoms. The van der Waals surface area contributed by atoms with Crippen LogP contribution in [0.2, 0.25) is 0 Å². The summed E-state index contributed by atoms with van der Waals surface area (Å²) >= 11 is 0. The summed E-state index contributed by atoms with van der Waals surface area (Å²) in [5.74, 6) is 5.13. The van der Waals surface area contributed by atoms with Crippen LogP contribution in [0, 0.1) is 0 Å². The lowest BCUT2D eigenvalue weighted by Gasteiger charge is -2.04. The number of hydrazine groups is 1. The molecule has 0 aliphatic heterocycles. The molecule has 3 nitrogen and oxygen atoms in total. The Morgan fingerprint density at radius 2 is 2.25 bits per heavy atom. The van der Waals surface area contributed by atoms with Gasteiger partial charge in [0, 0.05) is 6.04 Å². The first kappa shape index (κ1) is 6.01. The van der Waals surface area contributed by atoms with Crippen molar-refractivity contribution in [3.63, 3.8) is 0 Å². The Balaban J connectivity index is 2.22. The van der Waals surface area contributed by atoms with E-state index in [0.29, 0.717) is 6.04 Å². The van der Waals surface area contributed by atoms with Gasteiger partial charge in [0.1, 0.15) is 0 Å². The van der Waals surface area contributed by atoms with Gasteiger partial charge in [0.05, 0.1) is 6.10 Å². The summed E-state index contributed by atoms with van der Waals surface area (Å²) in [5.41, 5.74) is 2.63. The maximum atomic E-state index is 8.94. The summed E-state index contributed by atoms with van der Waals surface area (Å²) in [6.07, 6.45) is 2.61. The number of aliphatic hydroxyl groups excluding tert-OH is 1. The van der Waals surface area contributed by atoms with Gasteiger partial charge in [0.15, 0.2) is 0 Å². The normalized spacial score (nSPS) is 38.2. The number of nitrogens with one attached hydrogen (secondary N) is 1. The average molecular weight is 116 g/mol. The number of aliphatic hydroxyl groups is 1. The molecule has 2 atom stereocenters. The van der Waals surface area contributed by atoms with Gasteiger partial charge >= 0.3 is 0 Å². The summed E-state index contributed by atoms with van der Waals surface area (Å²) in [4.78, 5) is 0. The van der Waals surface area contributed by atoms with Crippen molar-refractivity contribution in [3.05, 3.63) is 0 Å². The Morgan fingerprint density at radius 1 is 1.50 bits per heavy atom. The monoisotopic (exact) mass is 116 g/mol. The number of nitrogens with two attached hydrogens (primary N) is 1. The molecule has 8 heavy (non-hydrogen) atoms. The lowest BCUT2D eigenvalue weighted by molar-refractivity contribution is 0.179. The minimum atomic E-state index is -0.115. The van der Waals surface area contributed by atoms with E-state index in [1.54, 1.807) is 0 Å². The zero-order valence-electron chi connectivity index (χ0n) is 4.80. The molecule has 0 spiro atoms. The third-order valence-electron chi connectivity index (χ3n) is 1.64. The Hall–Kier alpha value is -0.120. The molecule has 2 unspecified atom stereocenters. The molecule has 1 aliphatic carbocycles. The Kier molecular flexibility index (Phi) is 1.83. The first-order valence-corrected chi connectivity index (χ1v) is 2.97. The molecule has 0 bridgehead atoms. The molecule has 0 aromatic rings. The highest BCUT2D eigenvalue weighted by Crippen LogP contribution is 2.17. The first-order valence-electron chi connectivity index (χ1n) is 2.97. The lowest BCUT2D eigenvalue weighted by atomic mass is 10.3. The standard InChI is InChI=1S/C5H12N2O/c6-7-4-1-2-5(8)3-4/h4-5,7-8H,1-3,6H2. The van der Waals surface area contributed by atoms with Crippen molar-refractivity contribution in [2.45, 2.75) is 31.4 Å². The molecular weight excluding hydrogens is 104 g/mol. The molecular formula is C5H12N2O. The predicted molar refractivity (Wildman–Crippen MR) is 31.0 cm³/mol. The van der Waals surface area contributed by atoms with Crippen LogP contribution in [0.3, 0.4) is 0 Å². The molecule has 1 rings (SSSR count). The Bertz CT molecular complexity index is 76.8. The summed E-state index contributed by atoms with van der Waals surface area (Å²) in [5, 5.41) is 8.94. The van der Waals surface area contributed by atoms with E-state index in [0.717, 1.165) is 19.3 Å². The van der Waals surface area contributed by atoms with Crippen molar-refractivity contribution >= 4 is 0 Å². The van der Waals surface area contributed by atoms with Gasteiger partial charge in [-0.1, -0.05) is 0 Å². The zero-order valence-corrected chi connectivity index (χ0v) is 4.80. The molecule has 4 N–H and O–H groups in total. The van der Waals surface area contributed by atoms with Crippen LogP contribution >= 0.6 is 0 Å². The highest BCUT2D eigenvalue weighted by Gasteiger charge is 2.20. The van der Waals surface area contributed by atoms with Gasteiger partial charge in [0.25, 0.3) is 0 Å². The first-order chi connectivity index (χ1) is 3.83. The summed E-state index contributed by atoms with van der Waals surface area (Å²) < 4.78 is 0. The number of hydrogen-bond donors (Lipinski definition) is 3. The Labute approximate surface area is 48.8 Å². The van der Waals surface area contributed by atoms with E-state index in [9.17, 15) is 0 Å². The fraction of sp³-hybridized carbons (Fsp3) is 1.00. The van der Waals surface area contributed by atoms with E-state index in [2.05, 4.69) is 5.43 Å². The second-order valence-electron chi connectivity index (χ2n) is 2.33. The fourth-order valence-electron chi connectivity index (χ4n) is 1.11. The Morgan fingerprint density at radius 3 is 2.50 bits per heavy atom. The highest BCUT2D eigenvalue weighted by molar-refractivity contribution is 4.77. The van der Waals surface area contributed by atoms with Gasteiger partial charge in [-0.15, -0.1) is 0 Å². The van der Waals surface area contributed by atoms with Gasteiger partial charge in [-0.05, 0) is 19.3 Å².